The summed E-state index contributed by atoms with van der Waals surface area (Å²) in [5, 5.41) is 3.19. The van der Waals surface area contributed by atoms with Gasteiger partial charge in [0.15, 0.2) is 0 Å². The highest BCUT2D eigenvalue weighted by molar-refractivity contribution is 9.10. The van der Waals surface area contributed by atoms with E-state index in [9.17, 15) is 18.0 Å². The second-order valence-electron chi connectivity index (χ2n) is 9.67. The lowest BCUT2D eigenvalue weighted by Gasteiger charge is -2.34. The van der Waals surface area contributed by atoms with Crippen LogP contribution in [0.5, 0.6) is 0 Å². The van der Waals surface area contributed by atoms with Gasteiger partial charge in [-0.1, -0.05) is 99.8 Å². The Morgan fingerprint density at radius 3 is 2.16 bits per heavy atom. The monoisotopic (exact) mass is 701 g/mol. The summed E-state index contributed by atoms with van der Waals surface area (Å²) in [6.07, 6.45) is 0.218. The van der Waals surface area contributed by atoms with Gasteiger partial charge in [0.2, 0.25) is 11.8 Å². The number of hydrogen-bond donors (Lipinski definition) is 1. The van der Waals surface area contributed by atoms with Crippen LogP contribution >= 0.6 is 39.1 Å². The Morgan fingerprint density at radius 2 is 1.51 bits per heavy atom. The molecule has 0 aliphatic heterocycles. The molecule has 11 heteroatoms. The van der Waals surface area contributed by atoms with Gasteiger partial charge in [-0.15, -0.1) is 0 Å². The van der Waals surface area contributed by atoms with Crippen LogP contribution in [0, 0.1) is 0 Å². The molecule has 4 rings (SSSR count). The van der Waals surface area contributed by atoms with Crippen LogP contribution in [0.4, 0.5) is 5.69 Å². The van der Waals surface area contributed by atoms with Crippen LogP contribution in [0.3, 0.4) is 0 Å². The van der Waals surface area contributed by atoms with Crippen molar-refractivity contribution >= 4 is 66.7 Å². The average molecular weight is 703 g/mol. The normalized spacial score (nSPS) is 11.9. The van der Waals surface area contributed by atoms with Crippen LogP contribution < -0.4 is 9.62 Å². The van der Waals surface area contributed by atoms with Crippen molar-refractivity contribution in [3.05, 3.63) is 129 Å². The van der Waals surface area contributed by atoms with E-state index in [2.05, 4.69) is 21.2 Å². The smallest absolute Gasteiger partial charge is 0.264 e. The van der Waals surface area contributed by atoms with E-state index >= 15 is 0 Å². The largest absolute Gasteiger partial charge is 0.355 e. The average Bonchev–Trinajstić information content (AvgIpc) is 3.00. The SMILES string of the molecule is CCNC(=O)[C@H](Cc1ccccc1)N(Cc1cccc(Br)c1)C(=O)CN(c1cc(Cl)ccc1Cl)S(=O)(=O)c1ccccc1. The lowest BCUT2D eigenvalue weighted by molar-refractivity contribution is -0.140. The highest BCUT2D eigenvalue weighted by atomic mass is 79.9. The van der Waals surface area contributed by atoms with Crippen molar-refractivity contribution in [1.29, 1.82) is 0 Å². The summed E-state index contributed by atoms with van der Waals surface area (Å²) < 4.78 is 29.8. The Labute approximate surface area is 270 Å². The molecule has 4 aromatic rings. The van der Waals surface area contributed by atoms with E-state index in [1.807, 2.05) is 54.6 Å². The van der Waals surface area contributed by atoms with Gasteiger partial charge in [0, 0.05) is 29.0 Å². The molecule has 0 unspecified atom stereocenters. The van der Waals surface area contributed by atoms with Crippen molar-refractivity contribution in [1.82, 2.24) is 10.2 Å². The minimum Gasteiger partial charge on any atom is -0.355 e. The maximum Gasteiger partial charge on any atom is 0.264 e. The molecule has 7 nitrogen and oxygen atoms in total. The molecule has 0 radical (unpaired) electrons. The highest BCUT2D eigenvalue weighted by Gasteiger charge is 2.35. The summed E-state index contributed by atoms with van der Waals surface area (Å²) in [7, 11) is -4.28. The Hall–Kier alpha value is -3.37. The molecule has 1 atom stereocenters. The first-order chi connectivity index (χ1) is 20.6. The Balaban J connectivity index is 1.82. The molecule has 0 spiro atoms. The van der Waals surface area contributed by atoms with Crippen molar-refractivity contribution in [2.45, 2.75) is 30.8 Å². The predicted octanol–water partition coefficient (Wildman–Crippen LogP) is 6.73. The number of benzene rings is 4. The fourth-order valence-electron chi connectivity index (χ4n) is 4.59. The molecule has 0 aliphatic rings. The summed E-state index contributed by atoms with van der Waals surface area (Å²) in [4.78, 5) is 29.3. The van der Waals surface area contributed by atoms with Gasteiger partial charge in [0.05, 0.1) is 15.6 Å². The first-order valence-corrected chi connectivity index (χ1v) is 16.5. The van der Waals surface area contributed by atoms with E-state index in [0.717, 1.165) is 19.9 Å². The second kappa shape index (κ2) is 14.9. The third-order valence-electron chi connectivity index (χ3n) is 6.65. The predicted molar refractivity (Wildman–Crippen MR) is 175 cm³/mol. The summed E-state index contributed by atoms with van der Waals surface area (Å²) in [5.41, 5.74) is 1.65. The van der Waals surface area contributed by atoms with E-state index in [-0.39, 0.29) is 39.5 Å². The van der Waals surface area contributed by atoms with Gasteiger partial charge >= 0.3 is 0 Å². The van der Waals surface area contributed by atoms with E-state index in [0.29, 0.717) is 6.54 Å². The molecule has 4 aromatic carbocycles. The number of sulfonamides is 1. The number of likely N-dealkylation sites (N-methyl/N-ethyl adjacent to an activating group) is 1. The van der Waals surface area contributed by atoms with Crippen LogP contribution in [-0.2, 0) is 32.6 Å². The summed E-state index contributed by atoms with van der Waals surface area (Å²) in [6, 6.07) is 28.0. The third-order valence-corrected chi connectivity index (χ3v) is 9.47. The molecule has 0 bridgehead atoms. The molecule has 0 saturated carbocycles. The molecule has 0 fully saturated rings. The molecule has 0 saturated heterocycles. The van der Waals surface area contributed by atoms with Crippen LogP contribution in [0.1, 0.15) is 18.1 Å². The molecular formula is C32H30BrCl2N3O4S. The third kappa shape index (κ3) is 8.38. The summed E-state index contributed by atoms with van der Waals surface area (Å²) in [6.45, 7) is 1.58. The summed E-state index contributed by atoms with van der Waals surface area (Å²) >= 11 is 16.2. The number of carbonyl (C=O) groups is 2. The highest BCUT2D eigenvalue weighted by Crippen LogP contribution is 2.33. The van der Waals surface area contributed by atoms with Crippen molar-refractivity contribution in [3.8, 4) is 0 Å². The second-order valence-corrected chi connectivity index (χ2v) is 13.3. The molecule has 224 valence electrons. The maximum absolute atomic E-state index is 14.4. The van der Waals surface area contributed by atoms with Gasteiger partial charge in [0.25, 0.3) is 10.0 Å². The zero-order valence-electron chi connectivity index (χ0n) is 23.3. The molecular weight excluding hydrogens is 673 g/mol. The van der Waals surface area contributed by atoms with Gasteiger partial charge < -0.3 is 10.2 Å². The number of hydrogen-bond acceptors (Lipinski definition) is 4. The number of halogens is 3. The minimum absolute atomic E-state index is 0.0260. The fourth-order valence-corrected chi connectivity index (χ4v) is 6.92. The maximum atomic E-state index is 14.4. The number of rotatable bonds is 12. The molecule has 43 heavy (non-hydrogen) atoms. The van der Waals surface area contributed by atoms with E-state index in [4.69, 9.17) is 23.2 Å². The number of carbonyl (C=O) groups excluding carboxylic acids is 2. The van der Waals surface area contributed by atoms with Gasteiger partial charge in [-0.2, -0.15) is 0 Å². The van der Waals surface area contributed by atoms with Crippen LogP contribution in [0.2, 0.25) is 10.0 Å². The van der Waals surface area contributed by atoms with E-state index in [1.165, 1.54) is 35.2 Å². The van der Waals surface area contributed by atoms with Crippen LogP contribution in [0.25, 0.3) is 0 Å². The van der Waals surface area contributed by atoms with E-state index < -0.39 is 28.5 Å². The van der Waals surface area contributed by atoms with Gasteiger partial charge in [-0.3, -0.25) is 13.9 Å². The van der Waals surface area contributed by atoms with Crippen molar-refractivity contribution in [2.75, 3.05) is 17.4 Å². The lowest BCUT2D eigenvalue weighted by atomic mass is 10.0. The van der Waals surface area contributed by atoms with E-state index in [1.54, 1.807) is 25.1 Å². The zero-order valence-corrected chi connectivity index (χ0v) is 27.2. The van der Waals surface area contributed by atoms with Gasteiger partial charge in [-0.25, -0.2) is 8.42 Å². The molecule has 2 amide bonds. The van der Waals surface area contributed by atoms with Crippen molar-refractivity contribution in [2.24, 2.45) is 0 Å². The summed E-state index contributed by atoms with van der Waals surface area (Å²) in [5.74, 6) is -0.948. The number of amides is 2. The molecule has 1 N–H and O–H groups in total. The fraction of sp³-hybridized carbons (Fsp3) is 0.188. The van der Waals surface area contributed by atoms with Gasteiger partial charge in [-0.05, 0) is 60.5 Å². The topological polar surface area (TPSA) is 86.8 Å². The standard InChI is InChI=1S/C32H30BrCl2N3O4S/c1-2-36-32(40)30(19-23-10-5-3-6-11-23)37(21-24-12-9-13-25(33)18-24)31(39)22-38(29-20-26(34)16-17-28(29)35)43(41,42)27-14-7-4-8-15-27/h3-18,20,30H,2,19,21-22H2,1H3,(H,36,40)/t30-/m0/s1. The Bertz CT molecular complexity index is 1670. The van der Waals surface area contributed by atoms with Crippen molar-refractivity contribution in [3.63, 3.8) is 0 Å². The first kappa shape index (κ1) is 32.5. The lowest BCUT2D eigenvalue weighted by Crippen LogP contribution is -2.53. The number of nitrogens with zero attached hydrogens (tertiary/aromatic N) is 2. The molecule has 0 aromatic heterocycles. The van der Waals surface area contributed by atoms with Crippen LogP contribution in [0.15, 0.2) is 112 Å². The number of anilines is 1. The quantitative estimate of drug-likeness (QED) is 0.178. The van der Waals surface area contributed by atoms with Gasteiger partial charge in [0.1, 0.15) is 12.6 Å². The van der Waals surface area contributed by atoms with Crippen LogP contribution in [-0.4, -0.2) is 44.3 Å². The Kier molecular flexibility index (Phi) is 11.3. The number of nitrogens with one attached hydrogen (secondary N) is 1. The van der Waals surface area contributed by atoms with Crippen molar-refractivity contribution < 1.29 is 18.0 Å². The molecule has 0 heterocycles. The Morgan fingerprint density at radius 1 is 0.860 bits per heavy atom. The minimum atomic E-state index is -4.28. The first-order valence-electron chi connectivity index (χ1n) is 13.5. The molecule has 0 aliphatic carbocycles. The zero-order chi connectivity index (χ0) is 31.0.